The predicted octanol–water partition coefficient (Wildman–Crippen LogP) is 5.09. The second-order valence-corrected chi connectivity index (χ2v) is 9.65. The maximum atomic E-state index is 13.1. The standard InChI is InChI=1S/C28H29N3O9/c1-28(2,3)40-26(34)30-24(16-18-6-12-22(32)13-7-18)25(33)29-20-8-4-19(5-9-20)17-38-27(35)39-23-14-10-21(11-15-23)31(36)37/h4-15,24,32H,16-17H2,1-3H3,(H,29,33)(H,30,34)/t24-/m0/s1. The van der Waals surface area contributed by atoms with E-state index >= 15 is 0 Å². The van der Waals surface area contributed by atoms with E-state index in [1.807, 2.05) is 0 Å². The van der Waals surface area contributed by atoms with Crippen LogP contribution < -0.4 is 15.4 Å². The zero-order valence-electron chi connectivity index (χ0n) is 22.1. The lowest BCUT2D eigenvalue weighted by Gasteiger charge is -2.23. The van der Waals surface area contributed by atoms with Gasteiger partial charge in [-0.05, 0) is 68.3 Å². The Bertz CT molecular complexity index is 1330. The van der Waals surface area contributed by atoms with Crippen LogP contribution in [0.5, 0.6) is 11.5 Å². The maximum Gasteiger partial charge on any atom is 0.514 e. The van der Waals surface area contributed by atoms with Crippen LogP contribution in [0.25, 0.3) is 0 Å². The normalized spacial score (nSPS) is 11.6. The molecule has 3 aromatic carbocycles. The van der Waals surface area contributed by atoms with Gasteiger partial charge in [-0.25, -0.2) is 9.59 Å². The van der Waals surface area contributed by atoms with E-state index in [2.05, 4.69) is 10.6 Å². The smallest absolute Gasteiger partial charge is 0.508 e. The Morgan fingerprint density at radius 2 is 1.52 bits per heavy atom. The number of rotatable bonds is 9. The van der Waals surface area contributed by atoms with Gasteiger partial charge in [0.1, 0.15) is 29.7 Å². The van der Waals surface area contributed by atoms with Crippen molar-refractivity contribution in [1.82, 2.24) is 5.32 Å². The highest BCUT2D eigenvalue weighted by Gasteiger charge is 2.25. The number of benzene rings is 3. The number of carbonyl (C=O) groups excluding carboxylic acids is 3. The Morgan fingerprint density at radius 1 is 0.925 bits per heavy atom. The number of nitrogens with one attached hydrogen (secondary N) is 2. The van der Waals surface area contributed by atoms with Crippen LogP contribution in [0.2, 0.25) is 0 Å². The fourth-order valence-electron chi connectivity index (χ4n) is 3.34. The van der Waals surface area contributed by atoms with Gasteiger partial charge in [0.05, 0.1) is 4.92 Å². The van der Waals surface area contributed by atoms with E-state index in [-0.39, 0.29) is 30.2 Å². The Morgan fingerprint density at radius 3 is 2.10 bits per heavy atom. The van der Waals surface area contributed by atoms with Crippen molar-refractivity contribution in [1.29, 1.82) is 0 Å². The number of nitro groups is 1. The van der Waals surface area contributed by atoms with Crippen molar-refractivity contribution in [3.05, 3.63) is 94.0 Å². The Hall–Kier alpha value is -5.13. The molecule has 12 heteroatoms. The van der Waals surface area contributed by atoms with Crippen LogP contribution in [0.1, 0.15) is 31.9 Å². The Labute approximate surface area is 230 Å². The number of anilines is 1. The van der Waals surface area contributed by atoms with E-state index in [0.717, 1.165) is 0 Å². The first-order chi connectivity index (χ1) is 18.9. The molecule has 0 aliphatic carbocycles. The molecule has 0 fully saturated rings. The van der Waals surface area contributed by atoms with E-state index < -0.39 is 34.7 Å². The third-order valence-corrected chi connectivity index (χ3v) is 5.21. The predicted molar refractivity (Wildman–Crippen MR) is 144 cm³/mol. The van der Waals surface area contributed by atoms with Gasteiger partial charge in [-0.1, -0.05) is 24.3 Å². The highest BCUT2D eigenvalue weighted by molar-refractivity contribution is 5.96. The van der Waals surface area contributed by atoms with Gasteiger partial charge in [0.25, 0.3) is 5.69 Å². The molecule has 3 aromatic rings. The quantitative estimate of drug-likeness (QED) is 0.142. The molecule has 0 bridgehead atoms. The number of non-ortho nitro benzene ring substituents is 1. The first-order valence-corrected chi connectivity index (χ1v) is 12.1. The SMILES string of the molecule is CC(C)(C)OC(=O)N[C@@H](Cc1ccc(O)cc1)C(=O)Nc1ccc(COC(=O)Oc2ccc([N+](=O)[O-])cc2)cc1. The minimum Gasteiger partial charge on any atom is -0.508 e. The van der Waals surface area contributed by atoms with Crippen LogP contribution in [0.3, 0.4) is 0 Å². The third kappa shape index (κ3) is 9.63. The van der Waals surface area contributed by atoms with Gasteiger partial charge in [0.2, 0.25) is 5.91 Å². The van der Waals surface area contributed by atoms with Crippen molar-refractivity contribution in [2.45, 2.75) is 45.4 Å². The van der Waals surface area contributed by atoms with Crippen LogP contribution >= 0.6 is 0 Å². The first-order valence-electron chi connectivity index (χ1n) is 12.1. The highest BCUT2D eigenvalue weighted by atomic mass is 16.7. The number of carbonyl (C=O) groups is 3. The Kier molecular flexibility index (Phi) is 9.63. The van der Waals surface area contributed by atoms with Crippen LogP contribution in [0.4, 0.5) is 21.0 Å². The molecule has 1 atom stereocenters. The van der Waals surface area contributed by atoms with Gasteiger partial charge in [-0.15, -0.1) is 0 Å². The summed E-state index contributed by atoms with van der Waals surface area (Å²) in [6, 6.07) is 16.7. The van der Waals surface area contributed by atoms with Crippen LogP contribution in [-0.2, 0) is 27.3 Å². The van der Waals surface area contributed by atoms with Crippen LogP contribution in [0.15, 0.2) is 72.8 Å². The fourth-order valence-corrected chi connectivity index (χ4v) is 3.34. The summed E-state index contributed by atoms with van der Waals surface area (Å²) in [5, 5.41) is 25.6. The van der Waals surface area contributed by atoms with Gasteiger partial charge >= 0.3 is 12.2 Å². The van der Waals surface area contributed by atoms with Gasteiger partial charge < -0.3 is 30.0 Å². The number of phenolic OH excluding ortho intramolecular Hbond substituents is 1. The lowest BCUT2D eigenvalue weighted by Crippen LogP contribution is -2.47. The van der Waals surface area contributed by atoms with Crippen LogP contribution in [-0.4, -0.2) is 39.8 Å². The van der Waals surface area contributed by atoms with Crippen molar-refractivity contribution in [3.63, 3.8) is 0 Å². The molecule has 0 radical (unpaired) electrons. The molecule has 12 nitrogen and oxygen atoms in total. The summed E-state index contributed by atoms with van der Waals surface area (Å²) in [5.74, 6) is -0.321. The number of alkyl carbamates (subject to hydrolysis) is 1. The minimum absolute atomic E-state index is 0.0773. The summed E-state index contributed by atoms with van der Waals surface area (Å²) in [7, 11) is 0. The summed E-state index contributed by atoms with van der Waals surface area (Å²) >= 11 is 0. The molecule has 0 saturated heterocycles. The lowest BCUT2D eigenvalue weighted by atomic mass is 10.0. The number of nitrogens with zero attached hydrogens (tertiary/aromatic N) is 1. The highest BCUT2D eigenvalue weighted by Crippen LogP contribution is 2.19. The molecule has 0 saturated carbocycles. The number of hydrogen-bond donors (Lipinski definition) is 3. The second kappa shape index (κ2) is 13.1. The van der Waals surface area contributed by atoms with E-state index in [0.29, 0.717) is 16.8 Å². The van der Waals surface area contributed by atoms with E-state index in [9.17, 15) is 29.6 Å². The van der Waals surface area contributed by atoms with Gasteiger partial charge in [-0.3, -0.25) is 14.9 Å². The number of amides is 2. The van der Waals surface area contributed by atoms with Crippen LogP contribution in [0, 0.1) is 10.1 Å². The molecule has 0 heterocycles. The number of hydrogen-bond acceptors (Lipinski definition) is 9. The molecule has 2 amide bonds. The van der Waals surface area contributed by atoms with E-state index in [4.69, 9.17) is 14.2 Å². The largest absolute Gasteiger partial charge is 0.514 e. The molecular weight excluding hydrogens is 522 g/mol. The van der Waals surface area contributed by atoms with Crippen molar-refractivity contribution >= 4 is 29.5 Å². The average Bonchev–Trinajstić information content (AvgIpc) is 2.88. The van der Waals surface area contributed by atoms with Gasteiger partial charge in [0, 0.05) is 24.2 Å². The molecule has 40 heavy (non-hydrogen) atoms. The van der Waals surface area contributed by atoms with Gasteiger partial charge in [-0.2, -0.15) is 0 Å². The first kappa shape index (κ1) is 29.4. The molecule has 0 unspecified atom stereocenters. The monoisotopic (exact) mass is 551 g/mol. The molecule has 0 aliphatic rings. The van der Waals surface area contributed by atoms with Crippen molar-refractivity contribution in [2.75, 3.05) is 5.32 Å². The minimum atomic E-state index is -0.989. The molecule has 3 N–H and O–H groups in total. The third-order valence-electron chi connectivity index (χ3n) is 5.21. The van der Waals surface area contributed by atoms with E-state index in [1.165, 1.54) is 36.4 Å². The van der Waals surface area contributed by atoms with Crippen molar-refractivity contribution in [2.24, 2.45) is 0 Å². The molecule has 0 aromatic heterocycles. The van der Waals surface area contributed by atoms with Crippen molar-refractivity contribution < 1.29 is 38.6 Å². The zero-order valence-corrected chi connectivity index (χ0v) is 22.1. The summed E-state index contributed by atoms with van der Waals surface area (Å²) in [6.07, 6.45) is -1.59. The average molecular weight is 552 g/mol. The molecule has 0 aliphatic heterocycles. The summed E-state index contributed by atoms with van der Waals surface area (Å²) in [4.78, 5) is 47.5. The number of phenols is 1. The number of nitro benzene ring substituents is 1. The number of ether oxygens (including phenoxy) is 3. The van der Waals surface area contributed by atoms with E-state index in [1.54, 1.807) is 57.2 Å². The number of aromatic hydroxyl groups is 1. The summed E-state index contributed by atoms with van der Waals surface area (Å²) in [5.41, 5.74) is 0.855. The fraction of sp³-hybridized carbons (Fsp3) is 0.250. The molecule has 0 spiro atoms. The molecular formula is C28H29N3O9. The lowest BCUT2D eigenvalue weighted by molar-refractivity contribution is -0.384. The van der Waals surface area contributed by atoms with Gasteiger partial charge in [0.15, 0.2) is 0 Å². The topological polar surface area (TPSA) is 166 Å². The molecule has 3 rings (SSSR count). The van der Waals surface area contributed by atoms with Crippen molar-refractivity contribution in [3.8, 4) is 11.5 Å². The zero-order chi connectivity index (χ0) is 29.3. The maximum absolute atomic E-state index is 13.1. The second-order valence-electron chi connectivity index (χ2n) is 9.65. The summed E-state index contributed by atoms with van der Waals surface area (Å²) < 4.78 is 15.3. The Balaban J connectivity index is 1.57. The summed E-state index contributed by atoms with van der Waals surface area (Å²) in [6.45, 7) is 5.01. The molecule has 210 valence electrons.